The number of hydrogen-bond donors (Lipinski definition) is 1. The van der Waals surface area contributed by atoms with Crippen LogP contribution >= 0.6 is 0 Å². The van der Waals surface area contributed by atoms with E-state index in [4.69, 9.17) is 4.43 Å². The second kappa shape index (κ2) is 4.11. The first-order chi connectivity index (χ1) is 4.84. The van der Waals surface area contributed by atoms with E-state index in [1.165, 1.54) is 12.5 Å². The first-order valence-corrected chi connectivity index (χ1v) is 5.72. The average Bonchev–Trinajstić information content (AvgIpc) is 2.05. The van der Waals surface area contributed by atoms with E-state index >= 15 is 0 Å². The zero-order valence-corrected chi connectivity index (χ0v) is 7.96. The van der Waals surface area contributed by atoms with E-state index in [1.54, 1.807) is 0 Å². The van der Waals surface area contributed by atoms with Crippen molar-refractivity contribution >= 4 is 9.76 Å². The highest BCUT2D eigenvalue weighted by molar-refractivity contribution is 6.27. The smallest absolute Gasteiger partial charge is 0.162 e. The van der Waals surface area contributed by atoms with Gasteiger partial charge in [-0.1, -0.05) is 13.3 Å². The highest BCUT2D eigenvalue weighted by atomic mass is 28.2. The van der Waals surface area contributed by atoms with Gasteiger partial charge < -0.3 is 9.53 Å². The van der Waals surface area contributed by atoms with Gasteiger partial charge in [0.25, 0.3) is 0 Å². The summed E-state index contributed by atoms with van der Waals surface area (Å²) in [5.41, 5.74) is 0. The maximum atomic E-state index is 9.38. The van der Waals surface area contributed by atoms with Crippen molar-refractivity contribution in [2.75, 3.05) is 0 Å². The van der Waals surface area contributed by atoms with E-state index in [0.717, 1.165) is 12.8 Å². The van der Waals surface area contributed by atoms with Crippen LogP contribution in [0.2, 0.25) is 6.04 Å². The van der Waals surface area contributed by atoms with Crippen molar-refractivity contribution in [1.82, 2.24) is 0 Å². The molecule has 0 radical (unpaired) electrons. The molecule has 0 aromatic carbocycles. The lowest BCUT2D eigenvalue weighted by Gasteiger charge is -2.26. The molecule has 1 aliphatic rings. The number of rotatable bonds is 2. The molecule has 0 saturated carbocycles. The Morgan fingerprint density at radius 3 is 3.10 bits per heavy atom. The predicted octanol–water partition coefficient (Wildman–Crippen LogP) is 0.438. The lowest BCUT2D eigenvalue weighted by Crippen LogP contribution is -2.32. The summed E-state index contributed by atoms with van der Waals surface area (Å²) in [5.74, 6) is 0. The van der Waals surface area contributed by atoms with Crippen molar-refractivity contribution in [1.29, 1.82) is 0 Å². The van der Waals surface area contributed by atoms with Crippen LogP contribution in [0.3, 0.4) is 0 Å². The summed E-state index contributed by atoms with van der Waals surface area (Å²) in [6.07, 6.45) is 3.16. The number of aliphatic hydroxyl groups is 1. The fourth-order valence-electron chi connectivity index (χ4n) is 1.33. The van der Waals surface area contributed by atoms with E-state index in [9.17, 15) is 5.11 Å². The maximum absolute atomic E-state index is 9.38. The van der Waals surface area contributed by atoms with Crippen molar-refractivity contribution in [3.63, 3.8) is 0 Å². The fraction of sp³-hybridized carbons (Fsp3) is 1.00. The normalized spacial score (nSPS) is 32.4. The molecule has 1 aliphatic heterocycles. The monoisotopic (exact) mass is 160 g/mol. The van der Waals surface area contributed by atoms with Crippen LogP contribution in [0, 0.1) is 0 Å². The summed E-state index contributed by atoms with van der Waals surface area (Å²) < 4.78 is 5.52. The zero-order valence-electron chi connectivity index (χ0n) is 6.55. The largest absolute Gasteiger partial charge is 0.418 e. The Bertz CT molecular complexity index is 91.6. The zero-order chi connectivity index (χ0) is 7.40. The predicted molar refractivity (Wildman–Crippen MR) is 43.8 cm³/mol. The van der Waals surface area contributed by atoms with E-state index in [0.29, 0.717) is 0 Å². The van der Waals surface area contributed by atoms with Crippen LogP contribution < -0.4 is 0 Å². The van der Waals surface area contributed by atoms with Gasteiger partial charge in [-0.3, -0.25) is 0 Å². The van der Waals surface area contributed by atoms with Crippen LogP contribution in [-0.4, -0.2) is 27.1 Å². The highest BCUT2D eigenvalue weighted by Gasteiger charge is 2.20. The van der Waals surface area contributed by atoms with Gasteiger partial charge in [-0.2, -0.15) is 0 Å². The third-order valence-electron chi connectivity index (χ3n) is 2.06. The molecule has 0 aromatic rings. The maximum Gasteiger partial charge on any atom is 0.162 e. The van der Waals surface area contributed by atoms with Gasteiger partial charge in [0.1, 0.15) is 0 Å². The molecule has 1 N–H and O–H groups in total. The summed E-state index contributed by atoms with van der Waals surface area (Å²) in [6, 6.07) is 1.30. The summed E-state index contributed by atoms with van der Waals surface area (Å²) in [7, 11) is -0.251. The molecule has 60 valence electrons. The van der Waals surface area contributed by atoms with Crippen molar-refractivity contribution in [2.45, 2.75) is 44.4 Å². The Morgan fingerprint density at radius 1 is 1.80 bits per heavy atom. The van der Waals surface area contributed by atoms with Crippen LogP contribution in [0.5, 0.6) is 0 Å². The van der Waals surface area contributed by atoms with Crippen LogP contribution in [0.1, 0.15) is 26.2 Å². The van der Waals surface area contributed by atoms with Gasteiger partial charge in [0, 0.05) is 0 Å². The third-order valence-corrected chi connectivity index (χ3v) is 3.51. The van der Waals surface area contributed by atoms with Gasteiger partial charge in [-0.15, -0.1) is 0 Å². The second-order valence-electron chi connectivity index (χ2n) is 2.88. The Balaban J connectivity index is 2.24. The molecule has 0 spiro atoms. The molecular formula is C7H16O2Si. The van der Waals surface area contributed by atoms with E-state index < -0.39 is 0 Å². The topological polar surface area (TPSA) is 29.5 Å². The minimum atomic E-state index is -0.251. The molecule has 1 rings (SSSR count). The summed E-state index contributed by atoms with van der Waals surface area (Å²) in [4.78, 5) is 0. The Morgan fingerprint density at radius 2 is 2.60 bits per heavy atom. The van der Waals surface area contributed by atoms with Gasteiger partial charge in [-0.25, -0.2) is 0 Å². The summed E-state index contributed by atoms with van der Waals surface area (Å²) in [6.45, 7) is 2.00. The van der Waals surface area contributed by atoms with Crippen molar-refractivity contribution in [3.8, 4) is 0 Å². The molecule has 2 nitrogen and oxygen atoms in total. The van der Waals surface area contributed by atoms with Crippen molar-refractivity contribution in [3.05, 3.63) is 0 Å². The van der Waals surface area contributed by atoms with Gasteiger partial charge in [0.05, 0.1) is 12.2 Å². The molecule has 1 saturated heterocycles. The Kier molecular flexibility index (Phi) is 3.38. The fourth-order valence-corrected chi connectivity index (χ4v) is 2.68. The standard InChI is InChI=1S/C7H16O2Si/c1-2-6(8)7-4-3-5-10-9-7/h6-8H,2-5,10H2,1H3. The van der Waals surface area contributed by atoms with Crippen LogP contribution in [0.25, 0.3) is 0 Å². The van der Waals surface area contributed by atoms with Crippen LogP contribution in [-0.2, 0) is 4.43 Å². The molecule has 0 amide bonds. The van der Waals surface area contributed by atoms with Crippen molar-refractivity contribution in [2.24, 2.45) is 0 Å². The molecular weight excluding hydrogens is 144 g/mol. The lowest BCUT2D eigenvalue weighted by molar-refractivity contribution is 0.0238. The van der Waals surface area contributed by atoms with Gasteiger partial charge in [0.2, 0.25) is 0 Å². The quantitative estimate of drug-likeness (QED) is 0.594. The number of aliphatic hydroxyl groups excluding tert-OH is 1. The molecule has 0 aromatic heterocycles. The number of hydrogen-bond acceptors (Lipinski definition) is 2. The lowest BCUT2D eigenvalue weighted by atomic mass is 10.1. The van der Waals surface area contributed by atoms with Gasteiger partial charge >= 0.3 is 0 Å². The molecule has 3 heteroatoms. The SMILES string of the molecule is CCC(O)C1CCC[SiH2]O1. The molecule has 1 heterocycles. The molecule has 1 fully saturated rings. The average molecular weight is 160 g/mol. The molecule has 2 atom stereocenters. The van der Waals surface area contributed by atoms with E-state index in [-0.39, 0.29) is 22.0 Å². The highest BCUT2D eigenvalue weighted by Crippen LogP contribution is 2.16. The third kappa shape index (κ3) is 2.07. The molecule has 10 heavy (non-hydrogen) atoms. The van der Waals surface area contributed by atoms with Crippen LogP contribution in [0.4, 0.5) is 0 Å². The Labute approximate surface area is 64.5 Å². The first-order valence-electron chi connectivity index (χ1n) is 4.14. The van der Waals surface area contributed by atoms with Gasteiger partial charge in [-0.05, 0) is 18.9 Å². The summed E-state index contributed by atoms with van der Waals surface area (Å²) >= 11 is 0. The molecule has 0 aliphatic carbocycles. The van der Waals surface area contributed by atoms with E-state index in [2.05, 4.69) is 0 Å². The van der Waals surface area contributed by atoms with Crippen LogP contribution in [0.15, 0.2) is 0 Å². The van der Waals surface area contributed by atoms with Crippen molar-refractivity contribution < 1.29 is 9.53 Å². The molecule has 2 unspecified atom stereocenters. The van der Waals surface area contributed by atoms with E-state index in [1.807, 2.05) is 6.92 Å². The second-order valence-corrected chi connectivity index (χ2v) is 4.33. The Hall–Kier alpha value is 0.137. The first kappa shape index (κ1) is 8.24. The minimum Gasteiger partial charge on any atom is -0.418 e. The molecule has 0 bridgehead atoms. The van der Waals surface area contributed by atoms with Gasteiger partial charge in [0.15, 0.2) is 9.76 Å². The minimum absolute atomic E-state index is 0.186. The summed E-state index contributed by atoms with van der Waals surface area (Å²) in [5, 5.41) is 9.38.